The number of hydrogen-bond donors (Lipinski definition) is 1. The number of rotatable bonds is 3. The highest BCUT2D eigenvalue weighted by molar-refractivity contribution is 7.80. The zero-order chi connectivity index (χ0) is 15.0. The van der Waals surface area contributed by atoms with E-state index in [4.69, 9.17) is 0 Å². The lowest BCUT2D eigenvalue weighted by atomic mass is 10.1. The fraction of sp³-hybridized carbons (Fsp3) is 0.375. The van der Waals surface area contributed by atoms with Crippen molar-refractivity contribution < 1.29 is 4.79 Å². The van der Waals surface area contributed by atoms with E-state index in [-0.39, 0.29) is 5.91 Å². The highest BCUT2D eigenvalue weighted by Gasteiger charge is 2.33. The fourth-order valence-corrected chi connectivity index (χ4v) is 3.25. The molecule has 1 aliphatic heterocycles. The van der Waals surface area contributed by atoms with Gasteiger partial charge in [-0.25, -0.2) is 0 Å². The summed E-state index contributed by atoms with van der Waals surface area (Å²) in [5.74, 6) is 2.11. The van der Waals surface area contributed by atoms with Gasteiger partial charge in [0.25, 0.3) is 0 Å². The van der Waals surface area contributed by atoms with Crippen LogP contribution >= 0.6 is 12.6 Å². The molecule has 3 rings (SSSR count). The van der Waals surface area contributed by atoms with E-state index in [1.54, 1.807) is 0 Å². The predicted molar refractivity (Wildman–Crippen MR) is 87.7 cm³/mol. The Kier molecular flexibility index (Phi) is 3.76. The number of nitrogens with zero attached hydrogens (tertiary/aromatic N) is 3. The Morgan fingerprint density at radius 3 is 2.67 bits per heavy atom. The molecule has 2 aromatic rings. The first-order valence-corrected chi connectivity index (χ1v) is 7.75. The average molecular weight is 301 g/mol. The van der Waals surface area contributed by atoms with Crippen LogP contribution in [0.3, 0.4) is 0 Å². The van der Waals surface area contributed by atoms with Crippen molar-refractivity contribution in [2.45, 2.75) is 13.3 Å². The molecule has 1 aromatic carbocycles. The molecule has 0 radical (unpaired) electrons. The van der Waals surface area contributed by atoms with Crippen LogP contribution < -0.4 is 4.90 Å². The largest absolute Gasteiger partial charge is 0.296 e. The first-order chi connectivity index (χ1) is 10.1. The summed E-state index contributed by atoms with van der Waals surface area (Å²) in [6.07, 6.45) is 0.571. The third-order valence-electron chi connectivity index (χ3n) is 3.97. The molecule has 21 heavy (non-hydrogen) atoms. The molecule has 110 valence electrons. The van der Waals surface area contributed by atoms with Gasteiger partial charge in [-0.1, -0.05) is 30.3 Å². The molecule has 0 aliphatic carbocycles. The van der Waals surface area contributed by atoms with Gasteiger partial charge in [0.1, 0.15) is 5.82 Å². The van der Waals surface area contributed by atoms with Crippen LogP contribution in [0.2, 0.25) is 0 Å². The van der Waals surface area contributed by atoms with Crippen molar-refractivity contribution in [2.24, 2.45) is 13.0 Å². The number of carbonyl (C=O) groups is 1. The standard InChI is InChI=1S/C16H19N3OS/c1-11-15(13-6-4-3-5-7-13)16(18(2)17-11)19-9-12(10-21)8-14(19)20/h3-7,12,21H,8-10H2,1-2H3. The van der Waals surface area contributed by atoms with Gasteiger partial charge in [0.15, 0.2) is 0 Å². The third kappa shape index (κ3) is 2.46. The number of benzene rings is 1. The molecule has 5 heteroatoms. The van der Waals surface area contributed by atoms with Crippen molar-refractivity contribution in [1.82, 2.24) is 9.78 Å². The van der Waals surface area contributed by atoms with Crippen molar-refractivity contribution in [3.63, 3.8) is 0 Å². The molecule has 0 bridgehead atoms. The second-order valence-corrected chi connectivity index (χ2v) is 5.90. The van der Waals surface area contributed by atoms with E-state index in [9.17, 15) is 4.79 Å². The maximum Gasteiger partial charge on any atom is 0.228 e. The lowest BCUT2D eigenvalue weighted by Crippen LogP contribution is -2.27. The van der Waals surface area contributed by atoms with Gasteiger partial charge in [-0.3, -0.25) is 14.4 Å². The molecule has 4 nitrogen and oxygen atoms in total. The predicted octanol–water partition coefficient (Wildman–Crippen LogP) is 2.68. The van der Waals surface area contributed by atoms with E-state index in [0.29, 0.717) is 12.3 Å². The Labute approximate surface area is 130 Å². The summed E-state index contributed by atoms with van der Waals surface area (Å²) in [6.45, 7) is 2.71. The molecule has 2 heterocycles. The Balaban J connectivity index is 2.09. The summed E-state index contributed by atoms with van der Waals surface area (Å²) in [5.41, 5.74) is 3.09. The Morgan fingerprint density at radius 1 is 1.33 bits per heavy atom. The van der Waals surface area contributed by atoms with E-state index in [2.05, 4.69) is 29.9 Å². The summed E-state index contributed by atoms with van der Waals surface area (Å²) in [6, 6.07) is 10.1. The van der Waals surface area contributed by atoms with Crippen LogP contribution in [0.4, 0.5) is 5.82 Å². The minimum atomic E-state index is 0.161. The molecule has 1 amide bonds. The van der Waals surface area contributed by atoms with Crippen molar-refractivity contribution in [1.29, 1.82) is 0 Å². The van der Waals surface area contributed by atoms with Crippen molar-refractivity contribution in [3.05, 3.63) is 36.0 Å². The zero-order valence-corrected chi connectivity index (χ0v) is 13.2. The van der Waals surface area contributed by atoms with Gasteiger partial charge in [0.2, 0.25) is 5.91 Å². The number of thiol groups is 1. The topological polar surface area (TPSA) is 38.1 Å². The minimum Gasteiger partial charge on any atom is -0.296 e. The minimum absolute atomic E-state index is 0.161. The average Bonchev–Trinajstić information content (AvgIpc) is 2.99. The lowest BCUT2D eigenvalue weighted by molar-refractivity contribution is -0.117. The molecule has 1 fully saturated rings. The van der Waals surface area contributed by atoms with Crippen molar-refractivity contribution in [2.75, 3.05) is 17.2 Å². The van der Waals surface area contributed by atoms with Crippen molar-refractivity contribution >= 4 is 24.4 Å². The fourth-order valence-electron chi connectivity index (χ4n) is 3.01. The summed E-state index contributed by atoms with van der Waals surface area (Å²) < 4.78 is 1.82. The third-order valence-corrected chi connectivity index (χ3v) is 4.49. The Morgan fingerprint density at radius 2 is 2.05 bits per heavy atom. The Bertz CT molecular complexity index is 666. The molecule has 1 atom stereocenters. The SMILES string of the molecule is Cc1nn(C)c(N2CC(CS)CC2=O)c1-c1ccccc1. The van der Waals surface area contributed by atoms with Crippen LogP contribution in [0.25, 0.3) is 11.1 Å². The summed E-state index contributed by atoms with van der Waals surface area (Å²) in [5, 5.41) is 4.52. The van der Waals surface area contributed by atoms with E-state index in [1.807, 2.05) is 41.8 Å². The maximum atomic E-state index is 12.3. The van der Waals surface area contributed by atoms with Crippen LogP contribution in [-0.4, -0.2) is 28.0 Å². The van der Waals surface area contributed by atoms with Crippen LogP contribution in [-0.2, 0) is 11.8 Å². The van der Waals surface area contributed by atoms with E-state index >= 15 is 0 Å². The van der Waals surface area contributed by atoms with Crippen molar-refractivity contribution in [3.8, 4) is 11.1 Å². The molecule has 0 N–H and O–H groups in total. The van der Waals surface area contributed by atoms with Crippen LogP contribution in [0.1, 0.15) is 12.1 Å². The van der Waals surface area contributed by atoms with Crippen LogP contribution in [0, 0.1) is 12.8 Å². The molecule has 1 aliphatic rings. The van der Waals surface area contributed by atoms with Gasteiger partial charge in [0.05, 0.1) is 5.69 Å². The van der Waals surface area contributed by atoms with Gasteiger partial charge in [0, 0.05) is 25.6 Å². The van der Waals surface area contributed by atoms with E-state index in [0.717, 1.165) is 34.9 Å². The van der Waals surface area contributed by atoms with Gasteiger partial charge >= 0.3 is 0 Å². The van der Waals surface area contributed by atoms with Gasteiger partial charge in [-0.2, -0.15) is 17.7 Å². The van der Waals surface area contributed by atoms with Gasteiger partial charge in [-0.05, 0) is 24.2 Å². The maximum absolute atomic E-state index is 12.3. The molecule has 0 spiro atoms. The van der Waals surface area contributed by atoms with Crippen LogP contribution in [0.15, 0.2) is 30.3 Å². The lowest BCUT2D eigenvalue weighted by Gasteiger charge is -2.19. The quantitative estimate of drug-likeness (QED) is 0.885. The summed E-state index contributed by atoms with van der Waals surface area (Å²) in [7, 11) is 1.90. The molecule has 1 unspecified atom stereocenters. The first-order valence-electron chi connectivity index (χ1n) is 7.12. The van der Waals surface area contributed by atoms with Crippen LogP contribution in [0.5, 0.6) is 0 Å². The molecular weight excluding hydrogens is 282 g/mol. The first kappa shape index (κ1) is 14.2. The molecule has 1 saturated heterocycles. The van der Waals surface area contributed by atoms with E-state index in [1.165, 1.54) is 0 Å². The number of amides is 1. The Hall–Kier alpha value is -1.75. The smallest absolute Gasteiger partial charge is 0.228 e. The highest BCUT2D eigenvalue weighted by atomic mass is 32.1. The number of anilines is 1. The van der Waals surface area contributed by atoms with E-state index < -0.39 is 0 Å². The van der Waals surface area contributed by atoms with Gasteiger partial charge < -0.3 is 0 Å². The summed E-state index contributed by atoms with van der Waals surface area (Å²) in [4.78, 5) is 14.2. The molecular formula is C16H19N3OS. The number of carbonyl (C=O) groups excluding carboxylic acids is 1. The number of hydrogen-bond acceptors (Lipinski definition) is 3. The summed E-state index contributed by atoms with van der Waals surface area (Å²) >= 11 is 4.33. The van der Waals surface area contributed by atoms with Gasteiger partial charge in [-0.15, -0.1) is 0 Å². The number of aryl methyl sites for hydroxylation is 2. The molecule has 1 aromatic heterocycles. The second-order valence-electron chi connectivity index (χ2n) is 5.53. The normalized spacial score (nSPS) is 18.5. The highest BCUT2D eigenvalue weighted by Crippen LogP contribution is 2.36. The molecule has 0 saturated carbocycles. The second kappa shape index (κ2) is 5.56. The zero-order valence-electron chi connectivity index (χ0n) is 12.3. The monoisotopic (exact) mass is 301 g/mol. The number of aromatic nitrogens is 2.